The molecule has 10 nitrogen and oxygen atoms in total. The molecule has 0 aromatic carbocycles. The number of pyridine rings is 1. The van der Waals surface area contributed by atoms with Crippen molar-refractivity contribution in [2.24, 2.45) is 7.05 Å². The van der Waals surface area contributed by atoms with Crippen LogP contribution in [-0.4, -0.2) is 44.3 Å². The van der Waals surface area contributed by atoms with Crippen LogP contribution in [0.3, 0.4) is 0 Å². The van der Waals surface area contributed by atoms with E-state index in [1.807, 2.05) is 41.9 Å². The Morgan fingerprint density at radius 1 is 1.00 bits per heavy atom. The summed E-state index contributed by atoms with van der Waals surface area (Å²) in [5.74, 6) is 2.10. The van der Waals surface area contributed by atoms with Crippen molar-refractivity contribution in [2.45, 2.75) is 6.42 Å². The fraction of sp³-hybridized carbons (Fsp3) is 0.105. The standard InChI is InChI=1S/C19H16N10/c1-28-16(3-6-23-28)25-19-22-5-2-15(24-19)13-4-9-29-17(10-13)26-27-18(29)11-14-12-20-7-8-21-14/h2-10,12H,11H2,1H3,(H,22,24,25). The molecule has 0 aliphatic rings. The van der Waals surface area contributed by atoms with E-state index in [-0.39, 0.29) is 0 Å². The predicted molar refractivity (Wildman–Crippen MR) is 105 cm³/mol. The van der Waals surface area contributed by atoms with E-state index in [0.717, 1.165) is 34.2 Å². The van der Waals surface area contributed by atoms with Crippen LogP contribution in [0.5, 0.6) is 0 Å². The molecule has 5 heterocycles. The van der Waals surface area contributed by atoms with Crippen molar-refractivity contribution < 1.29 is 0 Å². The number of hydrogen-bond donors (Lipinski definition) is 1. The summed E-state index contributed by atoms with van der Waals surface area (Å²) in [6, 6.07) is 7.64. The average molecular weight is 384 g/mol. The van der Waals surface area contributed by atoms with Gasteiger partial charge in [-0.1, -0.05) is 0 Å². The number of aromatic nitrogens is 9. The van der Waals surface area contributed by atoms with Crippen molar-refractivity contribution in [3.05, 3.63) is 73.0 Å². The van der Waals surface area contributed by atoms with E-state index < -0.39 is 0 Å². The second-order valence-electron chi connectivity index (χ2n) is 6.36. The highest BCUT2D eigenvalue weighted by atomic mass is 15.3. The largest absolute Gasteiger partial charge is 0.309 e. The highest BCUT2D eigenvalue weighted by Gasteiger charge is 2.10. The van der Waals surface area contributed by atoms with Gasteiger partial charge in [-0.15, -0.1) is 10.2 Å². The molecular formula is C19H16N10. The van der Waals surface area contributed by atoms with Gasteiger partial charge in [-0.25, -0.2) is 9.97 Å². The SMILES string of the molecule is Cn1nccc1Nc1nccc(-c2ccn3c(Cc4cnccn4)nnc3c2)n1. The third-order valence-electron chi connectivity index (χ3n) is 4.45. The van der Waals surface area contributed by atoms with Crippen LogP contribution in [0.4, 0.5) is 11.8 Å². The molecule has 5 rings (SSSR count). The van der Waals surface area contributed by atoms with E-state index in [4.69, 9.17) is 0 Å². The van der Waals surface area contributed by atoms with Gasteiger partial charge in [-0.2, -0.15) is 5.10 Å². The van der Waals surface area contributed by atoms with Gasteiger partial charge in [-0.3, -0.25) is 19.1 Å². The molecule has 5 aromatic heterocycles. The zero-order valence-electron chi connectivity index (χ0n) is 15.5. The molecule has 5 aromatic rings. The maximum absolute atomic E-state index is 4.60. The van der Waals surface area contributed by atoms with Gasteiger partial charge in [0.1, 0.15) is 11.6 Å². The maximum Gasteiger partial charge on any atom is 0.228 e. The van der Waals surface area contributed by atoms with Crippen molar-refractivity contribution in [3.63, 3.8) is 0 Å². The zero-order chi connectivity index (χ0) is 19.6. The van der Waals surface area contributed by atoms with E-state index >= 15 is 0 Å². The van der Waals surface area contributed by atoms with Gasteiger partial charge in [0.2, 0.25) is 5.95 Å². The molecule has 10 heteroatoms. The number of anilines is 2. The topological polar surface area (TPSA) is 112 Å². The van der Waals surface area contributed by atoms with E-state index in [1.54, 1.807) is 35.7 Å². The first-order valence-corrected chi connectivity index (χ1v) is 8.93. The number of nitrogens with one attached hydrogen (secondary N) is 1. The smallest absolute Gasteiger partial charge is 0.228 e. The molecular weight excluding hydrogens is 368 g/mol. The van der Waals surface area contributed by atoms with Crippen molar-refractivity contribution in [3.8, 4) is 11.3 Å². The first-order chi connectivity index (χ1) is 14.3. The molecule has 142 valence electrons. The number of rotatable bonds is 5. The Balaban J connectivity index is 1.44. The maximum atomic E-state index is 4.60. The lowest BCUT2D eigenvalue weighted by atomic mass is 10.2. The molecule has 0 atom stereocenters. The number of hydrogen-bond acceptors (Lipinski definition) is 8. The summed E-state index contributed by atoms with van der Waals surface area (Å²) in [7, 11) is 1.85. The molecule has 0 fully saturated rings. The first-order valence-electron chi connectivity index (χ1n) is 8.93. The minimum Gasteiger partial charge on any atom is -0.309 e. The molecule has 0 aliphatic heterocycles. The highest BCUT2D eigenvalue weighted by Crippen LogP contribution is 2.21. The lowest BCUT2D eigenvalue weighted by molar-refractivity contribution is 0.775. The summed E-state index contributed by atoms with van der Waals surface area (Å²) in [6.45, 7) is 0. The van der Waals surface area contributed by atoms with E-state index in [2.05, 4.69) is 40.5 Å². The molecule has 0 unspecified atom stereocenters. The van der Waals surface area contributed by atoms with Crippen LogP contribution in [0.15, 0.2) is 61.4 Å². The second kappa shape index (κ2) is 7.08. The van der Waals surface area contributed by atoms with Crippen LogP contribution in [0.1, 0.15) is 11.5 Å². The van der Waals surface area contributed by atoms with Crippen LogP contribution < -0.4 is 5.32 Å². The molecule has 0 aliphatic carbocycles. The van der Waals surface area contributed by atoms with Gasteiger partial charge in [0.25, 0.3) is 0 Å². The van der Waals surface area contributed by atoms with Crippen LogP contribution >= 0.6 is 0 Å². The summed E-state index contributed by atoms with van der Waals surface area (Å²) in [4.78, 5) is 17.3. The van der Waals surface area contributed by atoms with Crippen LogP contribution in [0, 0.1) is 0 Å². The molecule has 0 saturated heterocycles. The quantitative estimate of drug-likeness (QED) is 0.490. The Hall–Kier alpha value is -4.21. The number of aryl methyl sites for hydroxylation is 1. The van der Waals surface area contributed by atoms with Gasteiger partial charge in [0.15, 0.2) is 5.65 Å². The van der Waals surface area contributed by atoms with Gasteiger partial charge in [-0.05, 0) is 18.2 Å². The summed E-state index contributed by atoms with van der Waals surface area (Å²) >= 11 is 0. The lowest BCUT2D eigenvalue weighted by Gasteiger charge is -2.07. The van der Waals surface area contributed by atoms with Gasteiger partial charge in [0, 0.05) is 49.7 Å². The third kappa shape index (κ3) is 3.38. The molecule has 0 bridgehead atoms. The van der Waals surface area contributed by atoms with Crippen molar-refractivity contribution in [2.75, 3.05) is 5.32 Å². The Kier molecular flexibility index (Phi) is 4.13. The molecule has 29 heavy (non-hydrogen) atoms. The van der Waals surface area contributed by atoms with Crippen molar-refractivity contribution >= 4 is 17.4 Å². The molecule has 0 amide bonds. The van der Waals surface area contributed by atoms with E-state index in [1.165, 1.54) is 0 Å². The molecule has 0 spiro atoms. The van der Waals surface area contributed by atoms with Crippen molar-refractivity contribution in [1.82, 2.24) is 44.3 Å². The fourth-order valence-corrected chi connectivity index (χ4v) is 2.99. The predicted octanol–water partition coefficient (Wildman–Crippen LogP) is 2.04. The minimum atomic E-state index is 0.496. The Bertz CT molecular complexity index is 1270. The van der Waals surface area contributed by atoms with Gasteiger partial charge in [0.05, 0.1) is 24.0 Å². The van der Waals surface area contributed by atoms with Crippen LogP contribution in [0.25, 0.3) is 16.9 Å². The minimum absolute atomic E-state index is 0.496. The summed E-state index contributed by atoms with van der Waals surface area (Å²) in [6.07, 6.45) is 11.0. The average Bonchev–Trinajstić information content (AvgIpc) is 3.35. The van der Waals surface area contributed by atoms with Crippen molar-refractivity contribution in [1.29, 1.82) is 0 Å². The summed E-state index contributed by atoms with van der Waals surface area (Å²) < 4.78 is 3.66. The van der Waals surface area contributed by atoms with Gasteiger partial charge >= 0.3 is 0 Å². The normalized spacial score (nSPS) is 11.1. The number of nitrogens with zero attached hydrogens (tertiary/aromatic N) is 9. The first kappa shape index (κ1) is 16.9. The van der Waals surface area contributed by atoms with Gasteiger partial charge < -0.3 is 5.32 Å². The lowest BCUT2D eigenvalue weighted by Crippen LogP contribution is -2.03. The van der Waals surface area contributed by atoms with Crippen LogP contribution in [0.2, 0.25) is 0 Å². The third-order valence-corrected chi connectivity index (χ3v) is 4.45. The Morgan fingerprint density at radius 3 is 2.79 bits per heavy atom. The van der Waals surface area contributed by atoms with E-state index in [9.17, 15) is 0 Å². The monoisotopic (exact) mass is 384 g/mol. The second-order valence-corrected chi connectivity index (χ2v) is 6.36. The summed E-state index contributed by atoms with van der Waals surface area (Å²) in [5, 5.41) is 15.9. The van der Waals surface area contributed by atoms with E-state index in [0.29, 0.717) is 12.4 Å². The highest BCUT2D eigenvalue weighted by molar-refractivity contribution is 5.65. The summed E-state index contributed by atoms with van der Waals surface area (Å²) in [5.41, 5.74) is 3.28. The Morgan fingerprint density at radius 2 is 1.97 bits per heavy atom. The molecule has 1 N–H and O–H groups in total. The molecule has 0 saturated carbocycles. The Labute approximate surface area is 165 Å². The number of fused-ring (bicyclic) bond motifs is 1. The fourth-order valence-electron chi connectivity index (χ4n) is 2.99. The molecule has 0 radical (unpaired) electrons. The zero-order valence-corrected chi connectivity index (χ0v) is 15.5. The van der Waals surface area contributed by atoms with Crippen LogP contribution in [-0.2, 0) is 13.5 Å².